The number of nitrogens with one attached hydrogen (secondary N) is 1. The highest BCUT2D eigenvalue weighted by atomic mass is 35.5. The van der Waals surface area contributed by atoms with Gasteiger partial charge in [-0.25, -0.2) is 4.98 Å². The summed E-state index contributed by atoms with van der Waals surface area (Å²) in [5.41, 5.74) is 3.32. The van der Waals surface area contributed by atoms with E-state index in [9.17, 15) is 4.79 Å². The number of para-hydroxylation sites is 2. The van der Waals surface area contributed by atoms with Crippen molar-refractivity contribution in [2.45, 2.75) is 52.1 Å². The van der Waals surface area contributed by atoms with Crippen LogP contribution < -0.4 is 14.8 Å². The molecule has 1 N–H and O–H groups in total. The average molecular weight is 520 g/mol. The Labute approximate surface area is 223 Å². The molecule has 0 fully saturated rings. The van der Waals surface area contributed by atoms with Crippen molar-refractivity contribution in [2.75, 3.05) is 13.2 Å². The van der Waals surface area contributed by atoms with E-state index in [1.54, 1.807) is 24.3 Å². The lowest BCUT2D eigenvalue weighted by atomic mass is 9.99. The molecule has 1 heterocycles. The van der Waals surface area contributed by atoms with Crippen molar-refractivity contribution in [2.24, 2.45) is 0 Å². The number of aromatic nitrogens is 2. The molecule has 1 atom stereocenters. The first-order valence-corrected chi connectivity index (χ1v) is 13.2. The van der Waals surface area contributed by atoms with E-state index in [-0.39, 0.29) is 12.5 Å². The fourth-order valence-electron chi connectivity index (χ4n) is 4.11. The number of fused-ring (bicyclic) bond motifs is 1. The number of unbranched alkanes of at least 4 members (excludes halogenated alkanes) is 1. The number of imidazole rings is 1. The summed E-state index contributed by atoms with van der Waals surface area (Å²) < 4.78 is 13.7. The molecule has 1 amide bonds. The molecule has 0 radical (unpaired) electrons. The number of nitrogens with zero attached hydrogens (tertiary/aromatic N) is 2. The maximum absolute atomic E-state index is 12.4. The van der Waals surface area contributed by atoms with Gasteiger partial charge in [0.25, 0.3) is 5.91 Å². The molecule has 4 aromatic rings. The number of carbonyl (C=O) groups excluding carboxylic acids is 1. The van der Waals surface area contributed by atoms with Gasteiger partial charge < -0.3 is 19.4 Å². The fraction of sp³-hybridized carbons (Fsp3) is 0.333. The zero-order valence-electron chi connectivity index (χ0n) is 21.5. The highest BCUT2D eigenvalue weighted by Gasteiger charge is 2.12. The van der Waals surface area contributed by atoms with Crippen LogP contribution >= 0.6 is 11.6 Å². The second kappa shape index (κ2) is 13.2. The van der Waals surface area contributed by atoms with Crippen molar-refractivity contribution in [3.8, 4) is 11.5 Å². The summed E-state index contributed by atoms with van der Waals surface area (Å²) in [6.07, 6.45) is 2.98. The number of rotatable bonds is 13. The highest BCUT2D eigenvalue weighted by molar-refractivity contribution is 6.30. The summed E-state index contributed by atoms with van der Waals surface area (Å²) in [6, 6.07) is 23.4. The van der Waals surface area contributed by atoms with Crippen molar-refractivity contribution < 1.29 is 14.3 Å². The minimum absolute atomic E-state index is 0.0719. The van der Waals surface area contributed by atoms with Gasteiger partial charge in [0.2, 0.25) is 0 Å². The maximum Gasteiger partial charge on any atom is 0.258 e. The van der Waals surface area contributed by atoms with Crippen LogP contribution in [0.1, 0.15) is 50.4 Å². The van der Waals surface area contributed by atoms with Crippen LogP contribution in [0.5, 0.6) is 11.5 Å². The van der Waals surface area contributed by atoms with Gasteiger partial charge >= 0.3 is 0 Å². The minimum Gasteiger partial charge on any atom is -0.494 e. The van der Waals surface area contributed by atoms with Gasteiger partial charge in [-0.05, 0) is 79.3 Å². The molecule has 37 heavy (non-hydrogen) atoms. The van der Waals surface area contributed by atoms with E-state index in [0.717, 1.165) is 48.4 Å². The molecule has 194 valence electrons. The Kier molecular flexibility index (Phi) is 9.44. The topological polar surface area (TPSA) is 65.4 Å². The van der Waals surface area contributed by atoms with Gasteiger partial charge in [0.15, 0.2) is 6.61 Å². The summed E-state index contributed by atoms with van der Waals surface area (Å²) in [4.78, 5) is 17.1. The Bertz CT molecular complexity index is 1290. The van der Waals surface area contributed by atoms with E-state index >= 15 is 0 Å². The molecule has 0 spiro atoms. The first-order valence-electron chi connectivity index (χ1n) is 12.9. The van der Waals surface area contributed by atoms with Gasteiger partial charge in [-0.15, -0.1) is 0 Å². The fourth-order valence-corrected chi connectivity index (χ4v) is 4.23. The van der Waals surface area contributed by atoms with Gasteiger partial charge in [0.1, 0.15) is 17.3 Å². The summed E-state index contributed by atoms with van der Waals surface area (Å²) >= 11 is 5.89. The van der Waals surface area contributed by atoms with Crippen LogP contribution in [0.15, 0.2) is 72.8 Å². The normalized spacial score (nSPS) is 11.9. The lowest BCUT2D eigenvalue weighted by molar-refractivity contribution is -0.123. The van der Waals surface area contributed by atoms with Crippen LogP contribution in [0.25, 0.3) is 11.0 Å². The van der Waals surface area contributed by atoms with Crippen molar-refractivity contribution >= 4 is 28.5 Å². The molecule has 1 unspecified atom stereocenters. The first kappa shape index (κ1) is 26.6. The SMILES string of the molecule is CCC(C)c1ccc(OCCCCn2c(CNC(=O)COc3ccc(Cl)cc3)nc3ccccc32)cc1. The third-order valence-corrected chi connectivity index (χ3v) is 6.72. The van der Waals surface area contributed by atoms with Crippen LogP contribution in [0.3, 0.4) is 0 Å². The number of ether oxygens (including phenoxy) is 2. The molecule has 0 saturated carbocycles. The molecule has 6 nitrogen and oxygen atoms in total. The monoisotopic (exact) mass is 519 g/mol. The molecule has 7 heteroatoms. The zero-order chi connectivity index (χ0) is 26.0. The van der Waals surface area contributed by atoms with Crippen LogP contribution in [-0.2, 0) is 17.9 Å². The van der Waals surface area contributed by atoms with Gasteiger partial charge in [-0.3, -0.25) is 4.79 Å². The average Bonchev–Trinajstić information content (AvgIpc) is 3.28. The number of halogens is 1. The number of benzene rings is 3. The van der Waals surface area contributed by atoms with E-state index in [1.165, 1.54) is 5.56 Å². The van der Waals surface area contributed by atoms with Crippen LogP contribution in [-0.4, -0.2) is 28.7 Å². The molecule has 0 aliphatic heterocycles. The van der Waals surface area contributed by atoms with Crippen LogP contribution in [0.2, 0.25) is 5.02 Å². The molecule has 0 bridgehead atoms. The van der Waals surface area contributed by atoms with E-state index in [0.29, 0.717) is 29.8 Å². The third-order valence-electron chi connectivity index (χ3n) is 6.47. The summed E-state index contributed by atoms with van der Waals surface area (Å²) in [5.74, 6) is 2.68. The number of hydrogen-bond donors (Lipinski definition) is 1. The Morgan fingerprint density at radius 2 is 1.68 bits per heavy atom. The Morgan fingerprint density at radius 1 is 0.973 bits per heavy atom. The molecule has 3 aromatic carbocycles. The lowest BCUT2D eigenvalue weighted by Gasteiger charge is -2.12. The van der Waals surface area contributed by atoms with Crippen molar-refractivity contribution in [3.05, 3.63) is 89.2 Å². The van der Waals surface area contributed by atoms with Gasteiger partial charge in [-0.2, -0.15) is 0 Å². The van der Waals surface area contributed by atoms with E-state index in [4.69, 9.17) is 26.1 Å². The Balaban J connectivity index is 1.27. The number of hydrogen-bond acceptors (Lipinski definition) is 4. The lowest BCUT2D eigenvalue weighted by Crippen LogP contribution is -2.29. The van der Waals surface area contributed by atoms with Crippen LogP contribution in [0.4, 0.5) is 0 Å². The molecule has 0 aliphatic carbocycles. The summed E-state index contributed by atoms with van der Waals surface area (Å²) in [7, 11) is 0. The second-order valence-electron chi connectivity index (χ2n) is 9.12. The van der Waals surface area contributed by atoms with Gasteiger partial charge in [0.05, 0.1) is 24.2 Å². The smallest absolute Gasteiger partial charge is 0.258 e. The van der Waals surface area contributed by atoms with E-state index in [1.807, 2.05) is 18.2 Å². The molecule has 0 aliphatic rings. The number of carbonyl (C=O) groups is 1. The highest BCUT2D eigenvalue weighted by Crippen LogP contribution is 2.22. The van der Waals surface area contributed by atoms with Crippen molar-refractivity contribution in [3.63, 3.8) is 0 Å². The summed E-state index contributed by atoms with van der Waals surface area (Å²) in [5, 5.41) is 3.55. The Morgan fingerprint density at radius 3 is 2.43 bits per heavy atom. The van der Waals surface area contributed by atoms with Gasteiger partial charge in [-0.1, -0.05) is 49.7 Å². The minimum atomic E-state index is -0.207. The summed E-state index contributed by atoms with van der Waals surface area (Å²) in [6.45, 7) is 6.15. The van der Waals surface area contributed by atoms with Crippen molar-refractivity contribution in [1.29, 1.82) is 0 Å². The Hall–Kier alpha value is -3.51. The second-order valence-corrected chi connectivity index (χ2v) is 9.56. The number of amides is 1. The molecular formula is C30H34ClN3O3. The van der Waals surface area contributed by atoms with Crippen molar-refractivity contribution in [1.82, 2.24) is 14.9 Å². The zero-order valence-corrected chi connectivity index (χ0v) is 22.2. The third kappa shape index (κ3) is 7.49. The predicted molar refractivity (Wildman–Crippen MR) is 148 cm³/mol. The number of aryl methyl sites for hydroxylation is 1. The van der Waals surface area contributed by atoms with E-state index < -0.39 is 0 Å². The van der Waals surface area contributed by atoms with Gasteiger partial charge in [0, 0.05) is 11.6 Å². The standard InChI is InChI=1S/C30H34ClN3O3/c1-3-22(2)23-10-14-25(15-11-23)36-19-7-6-18-34-28-9-5-4-8-27(28)33-29(34)20-32-30(35)21-37-26-16-12-24(31)13-17-26/h4-5,8-17,22H,3,6-7,18-21H2,1-2H3,(H,32,35). The molecule has 1 aromatic heterocycles. The molecular weight excluding hydrogens is 486 g/mol. The quantitative estimate of drug-likeness (QED) is 0.198. The molecule has 4 rings (SSSR count). The maximum atomic E-state index is 12.4. The van der Waals surface area contributed by atoms with Crippen LogP contribution in [0, 0.1) is 0 Å². The van der Waals surface area contributed by atoms with E-state index in [2.05, 4.69) is 54.1 Å². The first-order chi connectivity index (χ1) is 18.0. The largest absolute Gasteiger partial charge is 0.494 e. The molecule has 0 saturated heterocycles. The predicted octanol–water partition coefficient (Wildman–Crippen LogP) is 6.76.